The number of benzene rings is 1. The first-order valence-corrected chi connectivity index (χ1v) is 6.37. The van der Waals surface area contributed by atoms with Crippen LogP contribution >= 0.6 is 22.6 Å². The Balaban J connectivity index is 2.46. The summed E-state index contributed by atoms with van der Waals surface area (Å²) in [5.74, 6) is 1.60. The van der Waals surface area contributed by atoms with E-state index in [9.17, 15) is 0 Å². The average Bonchev–Trinajstić information content (AvgIpc) is 2.40. The van der Waals surface area contributed by atoms with Crippen molar-refractivity contribution in [2.75, 3.05) is 20.2 Å². The molecule has 0 radical (unpaired) electrons. The lowest BCUT2D eigenvalue weighted by Gasteiger charge is -2.14. The van der Waals surface area contributed by atoms with Crippen molar-refractivity contribution in [3.8, 4) is 5.75 Å². The lowest BCUT2D eigenvalue weighted by molar-refractivity contribution is 0.411. The molecule has 82 valence electrons. The zero-order valence-corrected chi connectivity index (χ0v) is 11.3. The van der Waals surface area contributed by atoms with Crippen LogP contribution in [-0.4, -0.2) is 20.2 Å². The standard InChI is InChI=1S/C12H16INO/c1-8-7-14-4-3-9-5-12(15-2)11(13)6-10(8)9/h5-6,8,14H,3-4,7H2,1-2H3/t8-/m0/s1. The predicted molar refractivity (Wildman–Crippen MR) is 70.7 cm³/mol. The van der Waals surface area contributed by atoms with Gasteiger partial charge in [-0.25, -0.2) is 0 Å². The molecule has 15 heavy (non-hydrogen) atoms. The van der Waals surface area contributed by atoms with E-state index < -0.39 is 0 Å². The monoisotopic (exact) mass is 317 g/mol. The fourth-order valence-electron chi connectivity index (χ4n) is 2.09. The Hall–Kier alpha value is -0.290. The predicted octanol–water partition coefficient (Wildman–Crippen LogP) is 2.55. The lowest BCUT2D eigenvalue weighted by Crippen LogP contribution is -2.18. The summed E-state index contributed by atoms with van der Waals surface area (Å²) < 4.78 is 6.57. The Kier molecular flexibility index (Phi) is 3.51. The van der Waals surface area contributed by atoms with Gasteiger partial charge in [0, 0.05) is 6.54 Å². The highest BCUT2D eigenvalue weighted by Gasteiger charge is 2.16. The Morgan fingerprint density at radius 3 is 3.00 bits per heavy atom. The highest BCUT2D eigenvalue weighted by atomic mass is 127. The first kappa shape index (κ1) is 11.2. The third-order valence-electron chi connectivity index (χ3n) is 2.97. The molecule has 0 spiro atoms. The second-order valence-electron chi connectivity index (χ2n) is 4.04. The van der Waals surface area contributed by atoms with Gasteiger partial charge in [-0.05, 0) is 64.7 Å². The van der Waals surface area contributed by atoms with Crippen molar-refractivity contribution in [3.05, 3.63) is 26.8 Å². The molecule has 1 aliphatic heterocycles. The number of ether oxygens (including phenoxy) is 1. The summed E-state index contributed by atoms with van der Waals surface area (Å²) in [7, 11) is 1.74. The van der Waals surface area contributed by atoms with Gasteiger partial charge in [0.2, 0.25) is 0 Å². The molecule has 0 aliphatic carbocycles. The Labute approximate surface area is 105 Å². The van der Waals surface area contributed by atoms with Crippen LogP contribution in [0.3, 0.4) is 0 Å². The molecule has 0 amide bonds. The second-order valence-corrected chi connectivity index (χ2v) is 5.20. The summed E-state index contributed by atoms with van der Waals surface area (Å²) in [6.45, 7) is 4.43. The third kappa shape index (κ3) is 2.28. The van der Waals surface area contributed by atoms with Gasteiger partial charge in [-0.3, -0.25) is 0 Å². The fraction of sp³-hybridized carbons (Fsp3) is 0.500. The van der Waals surface area contributed by atoms with E-state index in [0.29, 0.717) is 5.92 Å². The van der Waals surface area contributed by atoms with Crippen molar-refractivity contribution < 1.29 is 4.74 Å². The van der Waals surface area contributed by atoms with Crippen LogP contribution in [0.25, 0.3) is 0 Å². The van der Waals surface area contributed by atoms with Gasteiger partial charge in [0.25, 0.3) is 0 Å². The van der Waals surface area contributed by atoms with E-state index in [4.69, 9.17) is 4.74 Å². The van der Waals surface area contributed by atoms with E-state index in [0.717, 1.165) is 25.3 Å². The molecular formula is C12H16INO. The third-order valence-corrected chi connectivity index (χ3v) is 3.81. The molecule has 0 unspecified atom stereocenters. The molecule has 1 atom stereocenters. The maximum absolute atomic E-state index is 5.36. The molecule has 1 aromatic rings. The topological polar surface area (TPSA) is 21.3 Å². The highest BCUT2D eigenvalue weighted by molar-refractivity contribution is 14.1. The molecule has 0 fully saturated rings. The smallest absolute Gasteiger partial charge is 0.132 e. The van der Waals surface area contributed by atoms with E-state index in [1.165, 1.54) is 14.7 Å². The molecule has 1 aromatic carbocycles. The van der Waals surface area contributed by atoms with E-state index in [2.05, 4.69) is 47.0 Å². The van der Waals surface area contributed by atoms with Gasteiger partial charge >= 0.3 is 0 Å². The number of rotatable bonds is 1. The number of hydrogen-bond donors (Lipinski definition) is 1. The van der Waals surface area contributed by atoms with Gasteiger partial charge in [-0.15, -0.1) is 0 Å². The summed E-state index contributed by atoms with van der Waals surface area (Å²) in [4.78, 5) is 0. The minimum Gasteiger partial charge on any atom is -0.496 e. The molecule has 2 rings (SSSR count). The Morgan fingerprint density at radius 1 is 1.47 bits per heavy atom. The average molecular weight is 317 g/mol. The summed E-state index contributed by atoms with van der Waals surface area (Å²) in [6.07, 6.45) is 1.10. The van der Waals surface area contributed by atoms with E-state index >= 15 is 0 Å². The summed E-state index contributed by atoms with van der Waals surface area (Å²) in [6, 6.07) is 4.47. The molecule has 1 N–H and O–H groups in total. The van der Waals surface area contributed by atoms with Crippen LogP contribution < -0.4 is 10.1 Å². The second kappa shape index (κ2) is 4.70. The molecule has 3 heteroatoms. The number of hydrogen-bond acceptors (Lipinski definition) is 2. The van der Waals surface area contributed by atoms with Crippen molar-refractivity contribution in [2.45, 2.75) is 19.3 Å². The first-order chi connectivity index (χ1) is 7.22. The van der Waals surface area contributed by atoms with Gasteiger partial charge < -0.3 is 10.1 Å². The van der Waals surface area contributed by atoms with Crippen molar-refractivity contribution in [1.29, 1.82) is 0 Å². The van der Waals surface area contributed by atoms with Crippen molar-refractivity contribution >= 4 is 22.6 Å². The van der Waals surface area contributed by atoms with E-state index in [1.54, 1.807) is 7.11 Å². The van der Waals surface area contributed by atoms with Crippen LogP contribution in [-0.2, 0) is 6.42 Å². The zero-order chi connectivity index (χ0) is 10.8. The largest absolute Gasteiger partial charge is 0.496 e. The molecule has 2 nitrogen and oxygen atoms in total. The minimum atomic E-state index is 0.599. The summed E-state index contributed by atoms with van der Waals surface area (Å²) in [5, 5.41) is 3.46. The van der Waals surface area contributed by atoms with Gasteiger partial charge in [0.15, 0.2) is 0 Å². The minimum absolute atomic E-state index is 0.599. The molecule has 1 aliphatic rings. The van der Waals surface area contributed by atoms with Gasteiger partial charge in [-0.2, -0.15) is 0 Å². The van der Waals surface area contributed by atoms with Crippen LogP contribution in [0.4, 0.5) is 0 Å². The van der Waals surface area contributed by atoms with Crippen LogP contribution in [0.5, 0.6) is 5.75 Å². The molecular weight excluding hydrogens is 301 g/mol. The van der Waals surface area contributed by atoms with Crippen LogP contribution in [0.15, 0.2) is 12.1 Å². The van der Waals surface area contributed by atoms with Gasteiger partial charge in [0.05, 0.1) is 10.7 Å². The van der Waals surface area contributed by atoms with E-state index in [1.807, 2.05) is 0 Å². The van der Waals surface area contributed by atoms with Gasteiger partial charge in [-0.1, -0.05) is 6.92 Å². The molecule has 0 bridgehead atoms. The maximum atomic E-state index is 5.36. The quantitative estimate of drug-likeness (QED) is 0.804. The van der Waals surface area contributed by atoms with Crippen molar-refractivity contribution in [3.63, 3.8) is 0 Å². The lowest BCUT2D eigenvalue weighted by atomic mass is 9.95. The first-order valence-electron chi connectivity index (χ1n) is 5.29. The SMILES string of the molecule is COc1cc2c(cc1I)[C@@H](C)CNCC2. The summed E-state index contributed by atoms with van der Waals surface area (Å²) in [5.41, 5.74) is 2.91. The molecule has 0 saturated heterocycles. The van der Waals surface area contributed by atoms with Crippen molar-refractivity contribution in [1.82, 2.24) is 5.32 Å². The number of nitrogens with one attached hydrogen (secondary N) is 1. The highest BCUT2D eigenvalue weighted by Crippen LogP contribution is 2.30. The fourth-order valence-corrected chi connectivity index (χ4v) is 2.81. The van der Waals surface area contributed by atoms with E-state index in [-0.39, 0.29) is 0 Å². The maximum Gasteiger partial charge on any atom is 0.132 e. The Morgan fingerprint density at radius 2 is 2.27 bits per heavy atom. The van der Waals surface area contributed by atoms with Crippen LogP contribution in [0.1, 0.15) is 24.0 Å². The number of halogens is 1. The Bertz CT molecular complexity index is 365. The zero-order valence-electron chi connectivity index (χ0n) is 9.14. The molecule has 0 aromatic heterocycles. The summed E-state index contributed by atoms with van der Waals surface area (Å²) >= 11 is 2.34. The van der Waals surface area contributed by atoms with Crippen LogP contribution in [0, 0.1) is 3.57 Å². The molecule has 1 heterocycles. The molecule has 0 saturated carbocycles. The number of fused-ring (bicyclic) bond motifs is 1. The van der Waals surface area contributed by atoms with Gasteiger partial charge in [0.1, 0.15) is 5.75 Å². The normalized spacial score (nSPS) is 20.6. The van der Waals surface area contributed by atoms with Crippen molar-refractivity contribution in [2.24, 2.45) is 0 Å². The number of methoxy groups -OCH3 is 1. The van der Waals surface area contributed by atoms with Crippen LogP contribution in [0.2, 0.25) is 0 Å².